The number of hydrogen-bond donors (Lipinski definition) is 1. The third-order valence-corrected chi connectivity index (χ3v) is 1.95. The molecule has 1 aromatic rings. The smallest absolute Gasteiger partial charge is 0.0574 e. The highest BCUT2D eigenvalue weighted by Gasteiger charge is 1.91. The molecule has 1 N–H and O–H groups in total. The van der Waals surface area contributed by atoms with Crippen molar-refractivity contribution in [1.29, 1.82) is 0 Å². The van der Waals surface area contributed by atoms with Crippen LogP contribution in [0.1, 0.15) is 18.2 Å². The quantitative estimate of drug-likeness (QED) is 0.725. The standard InChI is InChI=1S/C12H16N2/c1-3-11-7-8-12(14-10-11)6-4-5-9-13-2/h7-8,10,13H,3,6,9H2,1-2H3. The van der Waals surface area contributed by atoms with Crippen molar-refractivity contribution >= 4 is 0 Å². The number of aromatic nitrogens is 1. The second-order valence-electron chi connectivity index (χ2n) is 3.07. The Balaban J connectivity index is 2.49. The molecule has 0 aliphatic heterocycles. The van der Waals surface area contributed by atoms with Gasteiger partial charge in [0, 0.05) is 6.20 Å². The van der Waals surface area contributed by atoms with Gasteiger partial charge in [-0.3, -0.25) is 4.98 Å². The number of aryl methyl sites for hydroxylation is 1. The summed E-state index contributed by atoms with van der Waals surface area (Å²) >= 11 is 0. The highest BCUT2D eigenvalue weighted by Crippen LogP contribution is 2.00. The van der Waals surface area contributed by atoms with Crippen LogP contribution in [0.5, 0.6) is 0 Å². The van der Waals surface area contributed by atoms with Crippen molar-refractivity contribution in [3.8, 4) is 11.8 Å². The zero-order valence-corrected chi connectivity index (χ0v) is 8.80. The molecular weight excluding hydrogens is 172 g/mol. The molecular formula is C12H16N2. The summed E-state index contributed by atoms with van der Waals surface area (Å²) in [6.45, 7) is 2.87. The van der Waals surface area contributed by atoms with Crippen LogP contribution in [0.3, 0.4) is 0 Å². The lowest BCUT2D eigenvalue weighted by molar-refractivity contribution is 0.936. The first-order valence-corrected chi connectivity index (χ1v) is 4.91. The number of nitrogens with one attached hydrogen (secondary N) is 1. The number of hydrogen-bond acceptors (Lipinski definition) is 2. The Bertz CT molecular complexity index is 316. The number of rotatable bonds is 3. The summed E-state index contributed by atoms with van der Waals surface area (Å²) in [6, 6.07) is 4.16. The van der Waals surface area contributed by atoms with E-state index >= 15 is 0 Å². The highest BCUT2D eigenvalue weighted by atomic mass is 14.8. The van der Waals surface area contributed by atoms with E-state index in [1.54, 1.807) is 0 Å². The van der Waals surface area contributed by atoms with Crippen LogP contribution in [0.15, 0.2) is 18.3 Å². The molecule has 0 atom stereocenters. The van der Waals surface area contributed by atoms with Gasteiger partial charge in [-0.15, -0.1) is 0 Å². The van der Waals surface area contributed by atoms with Crippen LogP contribution in [-0.4, -0.2) is 18.6 Å². The van der Waals surface area contributed by atoms with Gasteiger partial charge in [-0.05, 0) is 25.1 Å². The number of pyridine rings is 1. The van der Waals surface area contributed by atoms with Crippen LogP contribution in [-0.2, 0) is 12.8 Å². The molecule has 1 heterocycles. The molecule has 0 saturated carbocycles. The van der Waals surface area contributed by atoms with Crippen molar-refractivity contribution in [2.45, 2.75) is 19.8 Å². The minimum absolute atomic E-state index is 0.742. The molecule has 0 amide bonds. The Labute approximate surface area is 85.8 Å². The van der Waals surface area contributed by atoms with Gasteiger partial charge in [0.05, 0.1) is 18.7 Å². The van der Waals surface area contributed by atoms with Crippen LogP contribution in [0.25, 0.3) is 0 Å². The highest BCUT2D eigenvalue weighted by molar-refractivity contribution is 5.18. The van der Waals surface area contributed by atoms with Crippen molar-refractivity contribution in [3.63, 3.8) is 0 Å². The van der Waals surface area contributed by atoms with Gasteiger partial charge in [-0.2, -0.15) is 0 Å². The van der Waals surface area contributed by atoms with Gasteiger partial charge in [0.2, 0.25) is 0 Å². The van der Waals surface area contributed by atoms with Crippen molar-refractivity contribution in [2.75, 3.05) is 13.6 Å². The van der Waals surface area contributed by atoms with Gasteiger partial charge in [0.25, 0.3) is 0 Å². The molecule has 2 nitrogen and oxygen atoms in total. The predicted molar refractivity (Wildman–Crippen MR) is 59.0 cm³/mol. The van der Waals surface area contributed by atoms with Gasteiger partial charge in [0.1, 0.15) is 0 Å². The Hall–Kier alpha value is -1.33. The van der Waals surface area contributed by atoms with Crippen molar-refractivity contribution in [1.82, 2.24) is 10.3 Å². The average molecular weight is 188 g/mol. The van der Waals surface area contributed by atoms with Gasteiger partial charge in [-0.25, -0.2) is 0 Å². The summed E-state index contributed by atoms with van der Waals surface area (Å²) in [5, 5.41) is 2.98. The molecule has 0 fully saturated rings. The van der Waals surface area contributed by atoms with Crippen molar-refractivity contribution in [3.05, 3.63) is 29.6 Å². The lowest BCUT2D eigenvalue weighted by Gasteiger charge is -1.96. The molecule has 14 heavy (non-hydrogen) atoms. The summed E-state index contributed by atoms with van der Waals surface area (Å²) in [6.07, 6.45) is 3.71. The normalized spacial score (nSPS) is 9.29. The van der Waals surface area contributed by atoms with E-state index < -0.39 is 0 Å². The molecule has 0 saturated heterocycles. The van der Waals surface area contributed by atoms with Gasteiger partial charge in [0.15, 0.2) is 0 Å². The minimum Gasteiger partial charge on any atom is -0.309 e. The molecule has 0 aromatic carbocycles. The maximum Gasteiger partial charge on any atom is 0.0574 e. The van der Waals surface area contributed by atoms with E-state index in [9.17, 15) is 0 Å². The summed E-state index contributed by atoms with van der Waals surface area (Å²) in [4.78, 5) is 4.32. The van der Waals surface area contributed by atoms with Crippen LogP contribution >= 0.6 is 0 Å². The first kappa shape index (κ1) is 10.7. The van der Waals surface area contributed by atoms with E-state index in [-0.39, 0.29) is 0 Å². The second-order valence-corrected chi connectivity index (χ2v) is 3.07. The van der Waals surface area contributed by atoms with E-state index in [0.29, 0.717) is 0 Å². The number of nitrogens with zero attached hydrogens (tertiary/aromatic N) is 1. The molecule has 1 aromatic heterocycles. The van der Waals surface area contributed by atoms with E-state index in [1.165, 1.54) is 5.56 Å². The zero-order chi connectivity index (χ0) is 10.2. The van der Waals surface area contributed by atoms with Crippen molar-refractivity contribution in [2.24, 2.45) is 0 Å². The zero-order valence-electron chi connectivity index (χ0n) is 8.80. The lowest BCUT2D eigenvalue weighted by Crippen LogP contribution is -2.04. The molecule has 0 aliphatic carbocycles. The summed E-state index contributed by atoms with van der Waals surface area (Å²) in [7, 11) is 1.89. The molecule has 2 heteroatoms. The third kappa shape index (κ3) is 3.59. The summed E-state index contributed by atoms with van der Waals surface area (Å²) < 4.78 is 0. The SMILES string of the molecule is CCc1ccc(CC#CCNC)nc1. The van der Waals surface area contributed by atoms with Gasteiger partial charge in [-0.1, -0.05) is 24.8 Å². The van der Waals surface area contributed by atoms with Crippen LogP contribution < -0.4 is 5.32 Å². The van der Waals surface area contributed by atoms with Gasteiger partial charge < -0.3 is 5.32 Å². The largest absolute Gasteiger partial charge is 0.309 e. The Kier molecular flexibility index (Phi) is 4.74. The Morgan fingerprint density at radius 2 is 2.21 bits per heavy atom. The minimum atomic E-state index is 0.742. The lowest BCUT2D eigenvalue weighted by atomic mass is 10.2. The molecule has 74 valence electrons. The third-order valence-electron chi connectivity index (χ3n) is 1.95. The van der Waals surface area contributed by atoms with Crippen LogP contribution in [0, 0.1) is 11.8 Å². The molecule has 0 spiro atoms. The fourth-order valence-electron chi connectivity index (χ4n) is 1.07. The maximum atomic E-state index is 4.32. The van der Waals surface area contributed by atoms with E-state index in [0.717, 1.165) is 25.1 Å². The fourth-order valence-corrected chi connectivity index (χ4v) is 1.07. The van der Waals surface area contributed by atoms with E-state index in [1.807, 2.05) is 19.3 Å². The van der Waals surface area contributed by atoms with Crippen molar-refractivity contribution < 1.29 is 0 Å². The molecule has 0 aliphatic rings. The Morgan fingerprint density at radius 1 is 1.36 bits per heavy atom. The second kappa shape index (κ2) is 6.17. The maximum absolute atomic E-state index is 4.32. The first-order valence-electron chi connectivity index (χ1n) is 4.91. The topological polar surface area (TPSA) is 24.9 Å². The summed E-state index contributed by atoms with van der Waals surface area (Å²) in [5.74, 6) is 6.08. The first-order chi connectivity index (χ1) is 6.86. The molecule has 0 unspecified atom stereocenters. The predicted octanol–water partition coefficient (Wildman–Crippen LogP) is 1.41. The molecule has 0 radical (unpaired) electrons. The fraction of sp³-hybridized carbons (Fsp3) is 0.417. The molecule has 0 bridgehead atoms. The molecule has 1 rings (SSSR count). The van der Waals surface area contributed by atoms with E-state index in [2.05, 4.69) is 35.1 Å². The van der Waals surface area contributed by atoms with Crippen LogP contribution in [0.2, 0.25) is 0 Å². The monoisotopic (exact) mass is 188 g/mol. The van der Waals surface area contributed by atoms with Gasteiger partial charge >= 0.3 is 0 Å². The Morgan fingerprint density at radius 3 is 2.79 bits per heavy atom. The summed E-state index contributed by atoms with van der Waals surface area (Å²) in [5.41, 5.74) is 2.32. The average Bonchev–Trinajstić information content (AvgIpc) is 2.25. The van der Waals surface area contributed by atoms with E-state index in [4.69, 9.17) is 0 Å². The van der Waals surface area contributed by atoms with Crippen LogP contribution in [0.4, 0.5) is 0 Å².